The Morgan fingerprint density at radius 2 is 1.93 bits per heavy atom. The van der Waals surface area contributed by atoms with Crippen molar-refractivity contribution in [3.05, 3.63) is 33.8 Å². The second-order valence-corrected chi connectivity index (χ2v) is 5.94. The Kier molecular flexibility index (Phi) is 3.26. The topological polar surface area (TPSA) is 34.1 Å². The Morgan fingerprint density at radius 3 is 2.36 bits per heavy atom. The van der Waals surface area contributed by atoms with Crippen molar-refractivity contribution in [2.45, 2.75) is 5.75 Å². The number of sulfone groups is 1. The number of rotatable bonds is 2. The Morgan fingerprint density at radius 1 is 1.36 bits per heavy atom. The molecule has 0 aromatic heterocycles. The zero-order valence-electron chi connectivity index (χ0n) is 7.22. The first-order chi connectivity index (χ1) is 6.29. The van der Waals surface area contributed by atoms with Crippen molar-refractivity contribution in [2.75, 3.05) is 6.26 Å². The lowest BCUT2D eigenvalue weighted by Crippen LogP contribution is -2.02. The quantitative estimate of drug-likeness (QED) is 0.781. The normalized spacial score (nSPS) is 11.7. The largest absolute Gasteiger partial charge is 0.229 e. The van der Waals surface area contributed by atoms with Crippen LogP contribution in [0.4, 0.5) is 8.78 Å². The van der Waals surface area contributed by atoms with E-state index >= 15 is 0 Å². The average Bonchev–Trinajstić information content (AvgIpc) is 1.96. The molecule has 2 nitrogen and oxygen atoms in total. The summed E-state index contributed by atoms with van der Waals surface area (Å²) >= 11 is 2.79. The summed E-state index contributed by atoms with van der Waals surface area (Å²) in [5, 5.41) is 0. The molecule has 6 heteroatoms. The van der Waals surface area contributed by atoms with E-state index in [0.29, 0.717) is 0 Å². The predicted molar refractivity (Wildman–Crippen MR) is 52.6 cm³/mol. The maximum absolute atomic E-state index is 12.8. The SMILES string of the molecule is CS(=O)(=O)Cc1cc(F)c(F)c(Br)c1. The highest BCUT2D eigenvalue weighted by atomic mass is 79.9. The fraction of sp³-hybridized carbons (Fsp3) is 0.250. The number of halogens is 3. The van der Waals surface area contributed by atoms with Crippen molar-refractivity contribution in [1.29, 1.82) is 0 Å². The van der Waals surface area contributed by atoms with E-state index in [9.17, 15) is 17.2 Å². The molecule has 1 rings (SSSR count). The van der Waals surface area contributed by atoms with E-state index in [1.54, 1.807) is 0 Å². The zero-order chi connectivity index (χ0) is 10.9. The van der Waals surface area contributed by atoms with Crippen LogP contribution in [0.1, 0.15) is 5.56 Å². The summed E-state index contributed by atoms with van der Waals surface area (Å²) in [6.07, 6.45) is 1.03. The van der Waals surface area contributed by atoms with Gasteiger partial charge in [-0.25, -0.2) is 17.2 Å². The molecule has 0 saturated carbocycles. The molecule has 0 spiro atoms. The molecule has 0 saturated heterocycles. The van der Waals surface area contributed by atoms with Crippen molar-refractivity contribution < 1.29 is 17.2 Å². The standard InChI is InChI=1S/C8H7BrF2O2S/c1-14(12,13)4-5-2-6(9)8(11)7(10)3-5/h2-3H,4H2,1H3. The van der Waals surface area contributed by atoms with E-state index in [2.05, 4.69) is 15.9 Å². The Bertz CT molecular complexity index is 433. The van der Waals surface area contributed by atoms with Crippen LogP contribution < -0.4 is 0 Å². The molecule has 0 fully saturated rings. The van der Waals surface area contributed by atoms with Crippen LogP contribution in [0.25, 0.3) is 0 Å². The Hall–Kier alpha value is -0.490. The van der Waals surface area contributed by atoms with Crippen LogP contribution in [-0.4, -0.2) is 14.7 Å². The molecule has 1 aromatic carbocycles. The summed E-state index contributed by atoms with van der Waals surface area (Å²) in [4.78, 5) is 0. The maximum Gasteiger partial charge on any atom is 0.172 e. The molecule has 14 heavy (non-hydrogen) atoms. The van der Waals surface area contributed by atoms with Crippen molar-refractivity contribution in [3.8, 4) is 0 Å². The number of hydrogen-bond acceptors (Lipinski definition) is 2. The van der Waals surface area contributed by atoms with Gasteiger partial charge in [0.1, 0.15) is 0 Å². The second kappa shape index (κ2) is 3.94. The highest BCUT2D eigenvalue weighted by Crippen LogP contribution is 2.21. The molecular formula is C8H7BrF2O2S. The molecule has 0 atom stereocenters. The fourth-order valence-electron chi connectivity index (χ4n) is 0.994. The van der Waals surface area contributed by atoms with Crippen LogP contribution in [0.3, 0.4) is 0 Å². The highest BCUT2D eigenvalue weighted by molar-refractivity contribution is 9.10. The Labute approximate surface area is 89.0 Å². The van der Waals surface area contributed by atoms with Gasteiger partial charge in [-0.05, 0) is 33.6 Å². The minimum Gasteiger partial charge on any atom is -0.229 e. The monoisotopic (exact) mass is 284 g/mol. The van der Waals surface area contributed by atoms with Gasteiger partial charge in [0.05, 0.1) is 10.2 Å². The van der Waals surface area contributed by atoms with E-state index in [1.807, 2.05) is 0 Å². The maximum atomic E-state index is 12.8. The van der Waals surface area contributed by atoms with E-state index in [1.165, 1.54) is 6.07 Å². The van der Waals surface area contributed by atoms with Crippen LogP contribution in [0.2, 0.25) is 0 Å². The summed E-state index contributed by atoms with van der Waals surface area (Å²) in [5.41, 5.74) is 0.221. The summed E-state index contributed by atoms with van der Waals surface area (Å²) in [7, 11) is -3.23. The lowest BCUT2D eigenvalue weighted by atomic mass is 10.2. The molecule has 0 N–H and O–H groups in total. The minimum atomic E-state index is -3.23. The van der Waals surface area contributed by atoms with Gasteiger partial charge >= 0.3 is 0 Å². The van der Waals surface area contributed by atoms with Crippen molar-refractivity contribution in [3.63, 3.8) is 0 Å². The molecule has 1 aromatic rings. The van der Waals surface area contributed by atoms with Crippen molar-refractivity contribution in [2.24, 2.45) is 0 Å². The minimum absolute atomic E-state index is 0.0730. The van der Waals surface area contributed by atoms with Gasteiger partial charge in [0, 0.05) is 6.26 Å². The summed E-state index contributed by atoms with van der Waals surface area (Å²) < 4.78 is 47.3. The molecule has 0 aliphatic heterocycles. The molecule has 0 unspecified atom stereocenters. The Balaban J connectivity index is 3.14. The summed E-state index contributed by atoms with van der Waals surface area (Å²) in [5.74, 6) is -2.37. The second-order valence-electron chi connectivity index (χ2n) is 2.94. The third-order valence-corrected chi connectivity index (χ3v) is 2.91. The molecule has 0 bridgehead atoms. The first-order valence-electron chi connectivity index (χ1n) is 3.61. The van der Waals surface area contributed by atoms with Gasteiger partial charge in [0.25, 0.3) is 0 Å². The van der Waals surface area contributed by atoms with Gasteiger partial charge in [-0.1, -0.05) is 0 Å². The van der Waals surface area contributed by atoms with Crippen LogP contribution in [0, 0.1) is 11.6 Å². The van der Waals surface area contributed by atoms with Gasteiger partial charge in [-0.2, -0.15) is 0 Å². The van der Waals surface area contributed by atoms with E-state index < -0.39 is 21.5 Å². The lowest BCUT2D eigenvalue weighted by Gasteiger charge is -2.02. The van der Waals surface area contributed by atoms with Gasteiger partial charge < -0.3 is 0 Å². The molecule has 0 amide bonds. The smallest absolute Gasteiger partial charge is 0.172 e. The number of hydrogen-bond donors (Lipinski definition) is 0. The third-order valence-electron chi connectivity index (χ3n) is 1.47. The molecule has 0 radical (unpaired) electrons. The molecule has 0 aliphatic carbocycles. The fourth-order valence-corrected chi connectivity index (χ4v) is 2.25. The molecule has 0 heterocycles. The molecule has 78 valence electrons. The van der Waals surface area contributed by atoms with Crippen LogP contribution in [0.5, 0.6) is 0 Å². The van der Waals surface area contributed by atoms with Gasteiger partial charge in [0.2, 0.25) is 0 Å². The van der Waals surface area contributed by atoms with E-state index in [-0.39, 0.29) is 15.8 Å². The predicted octanol–water partition coefficient (Wildman–Crippen LogP) is 2.27. The first kappa shape index (κ1) is 11.6. The lowest BCUT2D eigenvalue weighted by molar-refractivity contribution is 0.503. The van der Waals surface area contributed by atoms with Gasteiger partial charge in [0.15, 0.2) is 21.5 Å². The van der Waals surface area contributed by atoms with Crippen molar-refractivity contribution in [1.82, 2.24) is 0 Å². The average molecular weight is 285 g/mol. The molecule has 0 aliphatic rings. The van der Waals surface area contributed by atoms with Crippen molar-refractivity contribution >= 4 is 25.8 Å². The summed E-state index contributed by atoms with van der Waals surface area (Å²) in [6.45, 7) is 0. The first-order valence-corrected chi connectivity index (χ1v) is 6.46. The van der Waals surface area contributed by atoms with Gasteiger partial charge in [-0.15, -0.1) is 0 Å². The zero-order valence-corrected chi connectivity index (χ0v) is 9.62. The third kappa shape index (κ3) is 3.02. The number of benzene rings is 1. The van der Waals surface area contributed by atoms with Crippen LogP contribution in [0.15, 0.2) is 16.6 Å². The van der Waals surface area contributed by atoms with E-state index in [4.69, 9.17) is 0 Å². The highest BCUT2D eigenvalue weighted by Gasteiger charge is 2.11. The molecular weight excluding hydrogens is 278 g/mol. The van der Waals surface area contributed by atoms with Gasteiger partial charge in [-0.3, -0.25) is 0 Å². The van der Waals surface area contributed by atoms with E-state index in [0.717, 1.165) is 12.3 Å². The van der Waals surface area contributed by atoms with Crippen LogP contribution in [-0.2, 0) is 15.6 Å². The summed E-state index contributed by atoms with van der Waals surface area (Å²) in [6, 6.07) is 2.13. The van der Waals surface area contributed by atoms with Crippen LogP contribution >= 0.6 is 15.9 Å².